The van der Waals surface area contributed by atoms with Gasteiger partial charge in [-0.3, -0.25) is 9.78 Å². The van der Waals surface area contributed by atoms with Crippen molar-refractivity contribution < 1.29 is 9.53 Å². The first-order chi connectivity index (χ1) is 9.31. The molecule has 0 spiro atoms. The maximum Gasteiger partial charge on any atom is 0.163 e. The van der Waals surface area contributed by atoms with Crippen LogP contribution in [0.3, 0.4) is 0 Å². The van der Waals surface area contributed by atoms with E-state index in [0.29, 0.717) is 12.2 Å². The van der Waals surface area contributed by atoms with Crippen LogP contribution in [0.1, 0.15) is 12.0 Å². The molecule has 1 aliphatic heterocycles. The molecule has 0 fully saturated rings. The first kappa shape index (κ1) is 10.5. The minimum atomic E-state index is 0.102. The number of hydrogen-bond donors (Lipinski definition) is 0. The van der Waals surface area contributed by atoms with Crippen LogP contribution in [0.5, 0.6) is 5.75 Å². The minimum Gasteiger partial charge on any atom is -0.457 e. The van der Waals surface area contributed by atoms with E-state index in [0.717, 1.165) is 34.2 Å². The fraction of sp³-hybridized carbons (Fsp3) is 0.125. The van der Waals surface area contributed by atoms with Crippen molar-refractivity contribution in [3.8, 4) is 5.75 Å². The van der Waals surface area contributed by atoms with Crippen molar-refractivity contribution in [1.82, 2.24) is 4.98 Å². The summed E-state index contributed by atoms with van der Waals surface area (Å²) in [4.78, 5) is 15.8. The SMILES string of the molecule is O=C1C=C2Oc3ccc4ncccc4c3CC2=CC1. The Morgan fingerprint density at radius 3 is 3.11 bits per heavy atom. The summed E-state index contributed by atoms with van der Waals surface area (Å²) < 4.78 is 5.86. The number of benzene rings is 1. The number of carbonyl (C=O) groups is 1. The Morgan fingerprint density at radius 2 is 2.16 bits per heavy atom. The number of fused-ring (bicyclic) bond motifs is 4. The van der Waals surface area contributed by atoms with Gasteiger partial charge in [0, 0.05) is 36.1 Å². The van der Waals surface area contributed by atoms with Crippen LogP contribution < -0.4 is 4.74 Å². The van der Waals surface area contributed by atoms with Gasteiger partial charge in [-0.1, -0.05) is 12.1 Å². The minimum absolute atomic E-state index is 0.102. The summed E-state index contributed by atoms with van der Waals surface area (Å²) in [7, 11) is 0. The fourth-order valence-corrected chi connectivity index (χ4v) is 2.66. The van der Waals surface area contributed by atoms with Crippen LogP contribution in [0, 0.1) is 0 Å². The number of rotatable bonds is 0. The molecule has 92 valence electrons. The van der Waals surface area contributed by atoms with Crippen molar-refractivity contribution in [2.45, 2.75) is 12.8 Å². The van der Waals surface area contributed by atoms with Crippen LogP contribution >= 0.6 is 0 Å². The zero-order valence-electron chi connectivity index (χ0n) is 10.2. The largest absolute Gasteiger partial charge is 0.457 e. The third-order valence-electron chi connectivity index (χ3n) is 3.60. The van der Waals surface area contributed by atoms with E-state index in [2.05, 4.69) is 11.1 Å². The number of ketones is 1. The average molecular weight is 249 g/mol. The number of ether oxygens (including phenoxy) is 1. The van der Waals surface area contributed by atoms with Crippen LogP contribution in [0.2, 0.25) is 0 Å². The van der Waals surface area contributed by atoms with E-state index in [-0.39, 0.29) is 5.78 Å². The van der Waals surface area contributed by atoms with E-state index in [4.69, 9.17) is 4.74 Å². The van der Waals surface area contributed by atoms with E-state index in [9.17, 15) is 4.79 Å². The van der Waals surface area contributed by atoms with Gasteiger partial charge >= 0.3 is 0 Å². The van der Waals surface area contributed by atoms with Gasteiger partial charge in [0.05, 0.1) is 5.52 Å². The average Bonchev–Trinajstić information content (AvgIpc) is 2.45. The summed E-state index contributed by atoms with van der Waals surface area (Å²) in [6.07, 6.45) is 6.64. The molecule has 2 aromatic rings. The summed E-state index contributed by atoms with van der Waals surface area (Å²) >= 11 is 0. The summed E-state index contributed by atoms with van der Waals surface area (Å²) in [6.45, 7) is 0. The number of nitrogens with zero attached hydrogens (tertiary/aromatic N) is 1. The smallest absolute Gasteiger partial charge is 0.163 e. The standard InChI is InChI=1S/C16H11NO2/c18-11-4-3-10-8-13-12-2-1-7-17-14(12)5-6-15(13)19-16(10)9-11/h1-3,5-7,9H,4,8H2. The van der Waals surface area contributed by atoms with Gasteiger partial charge in [0.15, 0.2) is 5.78 Å². The maximum atomic E-state index is 11.4. The highest BCUT2D eigenvalue weighted by Crippen LogP contribution is 2.38. The Bertz CT molecular complexity index is 771. The van der Waals surface area contributed by atoms with Gasteiger partial charge in [0.1, 0.15) is 11.5 Å². The molecule has 19 heavy (non-hydrogen) atoms. The van der Waals surface area contributed by atoms with E-state index in [1.54, 1.807) is 12.3 Å². The van der Waals surface area contributed by atoms with Gasteiger partial charge in [0.2, 0.25) is 0 Å². The van der Waals surface area contributed by atoms with Crippen molar-refractivity contribution in [1.29, 1.82) is 0 Å². The summed E-state index contributed by atoms with van der Waals surface area (Å²) in [6, 6.07) is 7.88. The molecule has 0 saturated heterocycles. The molecule has 0 radical (unpaired) electrons. The molecule has 3 heteroatoms. The van der Waals surface area contributed by atoms with Gasteiger partial charge in [-0.2, -0.15) is 0 Å². The molecule has 0 amide bonds. The topological polar surface area (TPSA) is 39.2 Å². The molecule has 0 saturated carbocycles. The van der Waals surface area contributed by atoms with Gasteiger partial charge in [-0.15, -0.1) is 0 Å². The van der Waals surface area contributed by atoms with Gasteiger partial charge in [0.25, 0.3) is 0 Å². The number of hydrogen-bond acceptors (Lipinski definition) is 3. The quantitative estimate of drug-likeness (QED) is 0.720. The van der Waals surface area contributed by atoms with Crippen molar-refractivity contribution >= 4 is 16.7 Å². The highest BCUT2D eigenvalue weighted by atomic mass is 16.5. The highest BCUT2D eigenvalue weighted by Gasteiger charge is 2.24. The zero-order valence-corrected chi connectivity index (χ0v) is 10.2. The molecule has 0 atom stereocenters. The highest BCUT2D eigenvalue weighted by molar-refractivity contribution is 5.94. The van der Waals surface area contributed by atoms with Gasteiger partial charge < -0.3 is 4.74 Å². The second-order valence-corrected chi connectivity index (χ2v) is 4.80. The van der Waals surface area contributed by atoms with Crippen LogP contribution in [-0.4, -0.2) is 10.8 Å². The van der Waals surface area contributed by atoms with Crippen molar-refractivity contribution in [3.05, 3.63) is 59.5 Å². The third kappa shape index (κ3) is 1.58. The molecule has 0 bridgehead atoms. The Balaban J connectivity index is 1.93. The van der Waals surface area contributed by atoms with E-state index < -0.39 is 0 Å². The molecule has 4 rings (SSSR count). The van der Waals surface area contributed by atoms with Crippen molar-refractivity contribution in [2.75, 3.05) is 0 Å². The summed E-state index contributed by atoms with van der Waals surface area (Å²) in [5.74, 6) is 1.63. The third-order valence-corrected chi connectivity index (χ3v) is 3.60. The second kappa shape index (κ2) is 3.79. The molecule has 0 unspecified atom stereocenters. The number of carbonyl (C=O) groups excluding carboxylic acids is 1. The normalized spacial score (nSPS) is 17.2. The van der Waals surface area contributed by atoms with E-state index in [1.165, 1.54) is 0 Å². The summed E-state index contributed by atoms with van der Waals surface area (Å²) in [5.41, 5.74) is 3.23. The predicted octanol–water partition coefficient (Wildman–Crippen LogP) is 2.95. The summed E-state index contributed by atoms with van der Waals surface area (Å²) in [5, 5.41) is 1.12. The first-order valence-electron chi connectivity index (χ1n) is 6.30. The van der Waals surface area contributed by atoms with Gasteiger partial charge in [-0.05, 0) is 23.8 Å². The molecule has 2 aliphatic rings. The fourth-order valence-electron chi connectivity index (χ4n) is 2.66. The molecule has 2 heterocycles. The van der Waals surface area contributed by atoms with Crippen LogP contribution in [-0.2, 0) is 11.2 Å². The second-order valence-electron chi connectivity index (χ2n) is 4.80. The lowest BCUT2D eigenvalue weighted by molar-refractivity contribution is -0.114. The molecular formula is C16H11NO2. The monoisotopic (exact) mass is 249 g/mol. The lowest BCUT2D eigenvalue weighted by Gasteiger charge is -2.25. The molecule has 1 aromatic carbocycles. The van der Waals surface area contributed by atoms with E-state index in [1.807, 2.05) is 24.3 Å². The van der Waals surface area contributed by atoms with E-state index >= 15 is 0 Å². The van der Waals surface area contributed by atoms with Crippen molar-refractivity contribution in [2.24, 2.45) is 0 Å². The van der Waals surface area contributed by atoms with Crippen LogP contribution in [0.4, 0.5) is 0 Å². The molecule has 0 N–H and O–H groups in total. The lowest BCUT2D eigenvalue weighted by Crippen LogP contribution is -2.15. The Morgan fingerprint density at radius 1 is 1.21 bits per heavy atom. The molecular weight excluding hydrogens is 238 g/mol. The molecule has 1 aliphatic carbocycles. The lowest BCUT2D eigenvalue weighted by atomic mass is 9.92. The van der Waals surface area contributed by atoms with Crippen molar-refractivity contribution in [3.63, 3.8) is 0 Å². The zero-order chi connectivity index (χ0) is 12.8. The Labute approximate surface area is 110 Å². The molecule has 3 nitrogen and oxygen atoms in total. The Kier molecular flexibility index (Phi) is 2.09. The molecule has 1 aromatic heterocycles. The van der Waals surface area contributed by atoms with Crippen LogP contribution in [0.25, 0.3) is 10.9 Å². The van der Waals surface area contributed by atoms with Gasteiger partial charge in [-0.25, -0.2) is 0 Å². The Hall–Kier alpha value is -2.42. The number of allylic oxidation sites excluding steroid dienone is 3. The first-order valence-corrected chi connectivity index (χ1v) is 6.30. The maximum absolute atomic E-state index is 11.4. The predicted molar refractivity (Wildman–Crippen MR) is 71.9 cm³/mol. The number of aromatic nitrogens is 1. The van der Waals surface area contributed by atoms with Crippen LogP contribution in [0.15, 0.2) is 53.9 Å². The number of pyridine rings is 1.